The Bertz CT molecular complexity index is 272. The van der Waals surface area contributed by atoms with Crippen LogP contribution in [0.2, 0.25) is 0 Å². The van der Waals surface area contributed by atoms with Gasteiger partial charge in [0.2, 0.25) is 0 Å². The molecule has 0 aromatic rings. The molecule has 0 spiro atoms. The van der Waals surface area contributed by atoms with Crippen molar-refractivity contribution >= 4 is 32.9 Å². The maximum Gasteiger partial charge on any atom is 0.159 e. The summed E-state index contributed by atoms with van der Waals surface area (Å²) in [4.78, 5) is 9.66. The van der Waals surface area contributed by atoms with Crippen LogP contribution in [-0.2, 0) is 0 Å². The minimum atomic E-state index is 0.648. The van der Waals surface area contributed by atoms with E-state index in [4.69, 9.17) is 0 Å². The Morgan fingerprint density at radius 1 is 1.50 bits per heavy atom. The Balaban J connectivity index is 1.88. The molecule has 0 saturated carbocycles. The molecule has 2 unspecified atom stereocenters. The van der Waals surface area contributed by atoms with Gasteiger partial charge in [-0.25, -0.2) is 0 Å². The summed E-state index contributed by atoms with van der Waals surface area (Å²) in [7, 11) is 0. The maximum absolute atomic E-state index is 4.65. The zero-order valence-electron chi connectivity index (χ0n) is 10.0. The Kier molecular flexibility index (Phi) is 4.56. The summed E-state index contributed by atoms with van der Waals surface area (Å²) in [6.45, 7) is 10.2. The molecule has 0 aliphatic carbocycles. The van der Waals surface area contributed by atoms with Crippen molar-refractivity contribution in [3.05, 3.63) is 0 Å². The topological polar surface area (TPSA) is 18.8 Å². The summed E-state index contributed by atoms with van der Waals surface area (Å²) in [5.41, 5.74) is 0. The fourth-order valence-corrected chi connectivity index (χ4v) is 3.87. The van der Waals surface area contributed by atoms with Gasteiger partial charge in [-0.2, -0.15) is 0 Å². The van der Waals surface area contributed by atoms with Gasteiger partial charge in [-0.3, -0.25) is 9.89 Å². The van der Waals surface area contributed by atoms with E-state index in [1.165, 1.54) is 18.3 Å². The Morgan fingerprint density at radius 3 is 2.88 bits per heavy atom. The van der Waals surface area contributed by atoms with Crippen LogP contribution >= 0.6 is 27.7 Å². The predicted octanol–water partition coefficient (Wildman–Crippen LogP) is 1.88. The Labute approximate surface area is 111 Å². The average Bonchev–Trinajstić information content (AvgIpc) is 2.77. The molecule has 16 heavy (non-hydrogen) atoms. The third kappa shape index (κ3) is 2.74. The van der Waals surface area contributed by atoms with Crippen LogP contribution in [0.3, 0.4) is 0 Å². The van der Waals surface area contributed by atoms with E-state index in [1.54, 1.807) is 0 Å². The van der Waals surface area contributed by atoms with Gasteiger partial charge in [-0.1, -0.05) is 34.6 Å². The Hall–Kier alpha value is 0.260. The molecule has 5 heteroatoms. The number of hydrogen-bond donors (Lipinski definition) is 0. The van der Waals surface area contributed by atoms with E-state index in [0.717, 1.165) is 25.0 Å². The van der Waals surface area contributed by atoms with Gasteiger partial charge < -0.3 is 4.90 Å². The summed E-state index contributed by atoms with van der Waals surface area (Å²) >= 11 is 5.48. The molecule has 0 bridgehead atoms. The second kappa shape index (κ2) is 5.74. The van der Waals surface area contributed by atoms with E-state index in [-0.39, 0.29) is 0 Å². The molecule has 3 nitrogen and oxygen atoms in total. The van der Waals surface area contributed by atoms with Gasteiger partial charge in [0.25, 0.3) is 0 Å². The van der Waals surface area contributed by atoms with E-state index in [2.05, 4.69) is 44.6 Å². The normalized spacial score (nSPS) is 31.9. The highest BCUT2D eigenvalue weighted by Gasteiger charge is 2.28. The second-order valence-electron chi connectivity index (χ2n) is 4.44. The number of alkyl halides is 1. The van der Waals surface area contributed by atoms with Crippen molar-refractivity contribution in [1.82, 2.24) is 9.80 Å². The SMILES string of the molecule is CCN1CCN(C2=NCC(CBr)S2)CC1C. The molecule has 0 radical (unpaired) electrons. The first kappa shape index (κ1) is 12.7. The molecule has 2 heterocycles. The third-order valence-electron chi connectivity index (χ3n) is 3.32. The van der Waals surface area contributed by atoms with Crippen LogP contribution in [0.15, 0.2) is 4.99 Å². The standard InChI is InChI=1S/C11H20BrN3S/c1-3-14-4-5-15(8-9(14)2)11-13-7-10(6-12)16-11/h9-10H,3-8H2,1-2H3. The van der Waals surface area contributed by atoms with Crippen molar-refractivity contribution in [2.24, 2.45) is 4.99 Å². The molecule has 92 valence electrons. The molecule has 0 aromatic heterocycles. The maximum atomic E-state index is 4.65. The number of rotatable bonds is 2. The number of likely N-dealkylation sites (N-methyl/N-ethyl adjacent to an activating group) is 1. The van der Waals surface area contributed by atoms with Gasteiger partial charge in [0.15, 0.2) is 5.17 Å². The molecule has 0 aromatic carbocycles. The zero-order valence-corrected chi connectivity index (χ0v) is 12.4. The molecular weight excluding hydrogens is 286 g/mol. The van der Waals surface area contributed by atoms with Crippen LogP contribution in [0.25, 0.3) is 0 Å². The summed E-state index contributed by atoms with van der Waals surface area (Å²) in [6, 6.07) is 0.657. The minimum absolute atomic E-state index is 0.648. The van der Waals surface area contributed by atoms with Crippen LogP contribution in [0.1, 0.15) is 13.8 Å². The quantitative estimate of drug-likeness (QED) is 0.726. The number of amidine groups is 1. The van der Waals surface area contributed by atoms with Gasteiger partial charge in [0, 0.05) is 36.3 Å². The van der Waals surface area contributed by atoms with Gasteiger partial charge in [-0.15, -0.1) is 0 Å². The van der Waals surface area contributed by atoms with Crippen molar-refractivity contribution in [1.29, 1.82) is 0 Å². The lowest BCUT2D eigenvalue weighted by Crippen LogP contribution is -2.52. The number of thioether (sulfide) groups is 1. The molecule has 0 N–H and O–H groups in total. The fourth-order valence-electron chi connectivity index (χ4n) is 2.30. The van der Waals surface area contributed by atoms with Crippen molar-refractivity contribution in [2.75, 3.05) is 38.1 Å². The van der Waals surface area contributed by atoms with Crippen molar-refractivity contribution in [3.8, 4) is 0 Å². The van der Waals surface area contributed by atoms with Gasteiger partial charge in [0.1, 0.15) is 0 Å². The van der Waals surface area contributed by atoms with Crippen LogP contribution in [-0.4, -0.2) is 64.3 Å². The van der Waals surface area contributed by atoms with Gasteiger partial charge in [0.05, 0.1) is 6.54 Å². The van der Waals surface area contributed by atoms with E-state index in [0.29, 0.717) is 11.3 Å². The number of aliphatic imine (C=N–C) groups is 1. The fraction of sp³-hybridized carbons (Fsp3) is 0.909. The molecule has 2 aliphatic rings. The predicted molar refractivity (Wildman–Crippen MR) is 75.8 cm³/mol. The second-order valence-corrected chi connectivity index (χ2v) is 6.36. The number of piperazine rings is 1. The number of halogens is 1. The lowest BCUT2D eigenvalue weighted by molar-refractivity contribution is 0.131. The van der Waals surface area contributed by atoms with Crippen LogP contribution in [0, 0.1) is 0 Å². The monoisotopic (exact) mass is 305 g/mol. The zero-order chi connectivity index (χ0) is 11.5. The summed E-state index contributed by atoms with van der Waals surface area (Å²) in [5.74, 6) is 0. The molecule has 1 saturated heterocycles. The average molecular weight is 306 g/mol. The van der Waals surface area contributed by atoms with E-state index in [9.17, 15) is 0 Å². The molecule has 2 atom stereocenters. The summed E-state index contributed by atoms with van der Waals surface area (Å²) in [5, 5.41) is 2.97. The first-order valence-electron chi connectivity index (χ1n) is 6.00. The third-order valence-corrected chi connectivity index (χ3v) is 5.77. The molecule has 2 rings (SSSR count). The Morgan fingerprint density at radius 2 is 2.31 bits per heavy atom. The van der Waals surface area contributed by atoms with Gasteiger partial charge in [-0.05, 0) is 13.5 Å². The number of nitrogens with zero attached hydrogens (tertiary/aromatic N) is 3. The molecule has 0 amide bonds. The summed E-state index contributed by atoms with van der Waals surface area (Å²) < 4.78 is 0. The highest BCUT2D eigenvalue weighted by atomic mass is 79.9. The highest BCUT2D eigenvalue weighted by molar-refractivity contribution is 9.09. The number of hydrogen-bond acceptors (Lipinski definition) is 4. The lowest BCUT2D eigenvalue weighted by atomic mass is 10.2. The van der Waals surface area contributed by atoms with E-state index < -0.39 is 0 Å². The first-order valence-corrected chi connectivity index (χ1v) is 8.00. The summed E-state index contributed by atoms with van der Waals surface area (Å²) in [6.07, 6.45) is 0. The highest BCUT2D eigenvalue weighted by Crippen LogP contribution is 2.26. The molecule has 2 aliphatic heterocycles. The van der Waals surface area contributed by atoms with Gasteiger partial charge >= 0.3 is 0 Å². The van der Waals surface area contributed by atoms with Crippen LogP contribution in [0.4, 0.5) is 0 Å². The van der Waals surface area contributed by atoms with E-state index >= 15 is 0 Å². The minimum Gasteiger partial charge on any atom is -0.349 e. The molecule has 1 fully saturated rings. The van der Waals surface area contributed by atoms with Crippen molar-refractivity contribution in [2.45, 2.75) is 25.1 Å². The van der Waals surface area contributed by atoms with Crippen LogP contribution < -0.4 is 0 Å². The van der Waals surface area contributed by atoms with E-state index in [1.807, 2.05) is 11.8 Å². The van der Waals surface area contributed by atoms with Crippen LogP contribution in [0.5, 0.6) is 0 Å². The van der Waals surface area contributed by atoms with Crippen molar-refractivity contribution in [3.63, 3.8) is 0 Å². The lowest BCUT2D eigenvalue weighted by Gasteiger charge is -2.40. The van der Waals surface area contributed by atoms with Crippen molar-refractivity contribution < 1.29 is 0 Å². The molecular formula is C11H20BrN3S. The smallest absolute Gasteiger partial charge is 0.159 e. The first-order chi connectivity index (χ1) is 7.74. The largest absolute Gasteiger partial charge is 0.349 e.